The molecule has 25 heavy (non-hydrogen) atoms. The molecule has 0 aliphatic rings. The molecule has 0 spiro atoms. The van der Waals surface area contributed by atoms with Crippen molar-refractivity contribution in [1.29, 1.82) is 0 Å². The Labute approximate surface area is 151 Å². The van der Waals surface area contributed by atoms with Gasteiger partial charge in [0.05, 0.1) is 0 Å². The molecule has 1 aromatic carbocycles. The molecule has 2 amide bonds. The van der Waals surface area contributed by atoms with Crippen molar-refractivity contribution in [2.24, 2.45) is 0 Å². The highest BCUT2D eigenvalue weighted by Gasteiger charge is 2.20. The summed E-state index contributed by atoms with van der Waals surface area (Å²) in [6.07, 6.45) is 2.30. The quantitative estimate of drug-likeness (QED) is 0.697. The molecule has 2 rings (SSSR count). The zero-order valence-corrected chi connectivity index (χ0v) is 15.3. The Balaban J connectivity index is 2.04. The van der Waals surface area contributed by atoms with E-state index in [1.807, 2.05) is 32.0 Å². The molecule has 0 aliphatic carbocycles. The number of ether oxygens (including phenoxy) is 1. The van der Waals surface area contributed by atoms with Crippen LogP contribution in [0.5, 0.6) is 0 Å². The maximum Gasteiger partial charge on any atom is 0.254 e. The fourth-order valence-corrected chi connectivity index (χ4v) is 2.90. The van der Waals surface area contributed by atoms with Crippen LogP contribution in [0.3, 0.4) is 0 Å². The molecule has 6 nitrogen and oxygen atoms in total. The van der Waals surface area contributed by atoms with E-state index in [0.29, 0.717) is 36.9 Å². The average molecular weight is 361 g/mol. The van der Waals surface area contributed by atoms with Crippen LogP contribution in [0.4, 0.5) is 5.13 Å². The number of hydrogen-bond acceptors (Lipinski definition) is 5. The first-order valence-electron chi connectivity index (χ1n) is 8.23. The Kier molecular flexibility index (Phi) is 7.56. The molecule has 0 radical (unpaired) electrons. The van der Waals surface area contributed by atoms with Gasteiger partial charge in [0.1, 0.15) is 6.54 Å². The first kappa shape index (κ1) is 19.1. The maximum atomic E-state index is 12.9. The lowest BCUT2D eigenvalue weighted by atomic mass is 10.1. The van der Waals surface area contributed by atoms with Gasteiger partial charge in [-0.3, -0.25) is 9.59 Å². The summed E-state index contributed by atoms with van der Waals surface area (Å²) in [5.41, 5.74) is 1.50. The number of amides is 2. The second-order valence-electron chi connectivity index (χ2n) is 5.48. The number of rotatable bonds is 9. The van der Waals surface area contributed by atoms with Crippen molar-refractivity contribution in [3.05, 3.63) is 47.0 Å². The predicted molar refractivity (Wildman–Crippen MR) is 98.9 cm³/mol. The number of carbonyl (C=O) groups is 2. The van der Waals surface area contributed by atoms with Crippen molar-refractivity contribution in [3.63, 3.8) is 0 Å². The predicted octanol–water partition coefficient (Wildman–Crippen LogP) is 2.96. The van der Waals surface area contributed by atoms with Crippen LogP contribution in [0.2, 0.25) is 0 Å². The van der Waals surface area contributed by atoms with E-state index in [0.717, 1.165) is 5.56 Å². The summed E-state index contributed by atoms with van der Waals surface area (Å²) in [4.78, 5) is 30.7. The summed E-state index contributed by atoms with van der Waals surface area (Å²) in [6, 6.07) is 7.39. The van der Waals surface area contributed by atoms with Crippen molar-refractivity contribution < 1.29 is 14.3 Å². The smallest absolute Gasteiger partial charge is 0.254 e. The van der Waals surface area contributed by atoms with Crippen LogP contribution in [-0.4, -0.2) is 48.0 Å². The highest BCUT2D eigenvalue weighted by Crippen LogP contribution is 2.13. The molecule has 0 unspecified atom stereocenters. The number of hydrogen-bond donors (Lipinski definition) is 1. The van der Waals surface area contributed by atoms with Crippen LogP contribution < -0.4 is 5.32 Å². The molecule has 7 heteroatoms. The van der Waals surface area contributed by atoms with Crippen molar-refractivity contribution in [1.82, 2.24) is 9.88 Å². The third kappa shape index (κ3) is 5.95. The lowest BCUT2D eigenvalue weighted by molar-refractivity contribution is -0.116. The van der Waals surface area contributed by atoms with Gasteiger partial charge in [0.25, 0.3) is 5.91 Å². The molecular weight excluding hydrogens is 338 g/mol. The highest BCUT2D eigenvalue weighted by molar-refractivity contribution is 7.13. The topological polar surface area (TPSA) is 71.5 Å². The summed E-state index contributed by atoms with van der Waals surface area (Å²) in [6.45, 7) is 5.45. The van der Waals surface area contributed by atoms with Gasteiger partial charge in [0, 0.05) is 36.9 Å². The minimum atomic E-state index is -0.256. The van der Waals surface area contributed by atoms with Crippen LogP contribution in [-0.2, 0) is 9.53 Å². The van der Waals surface area contributed by atoms with Crippen LogP contribution in [0.1, 0.15) is 29.3 Å². The average Bonchev–Trinajstić information content (AvgIpc) is 3.10. The van der Waals surface area contributed by atoms with E-state index >= 15 is 0 Å². The standard InChI is InChI=1S/C18H23N3O3S/c1-3-24-11-6-10-21(13-16(22)20-18-19-9-12-25-18)17(23)15-8-5-4-7-14(15)2/h4-5,7-9,12H,3,6,10-11,13H2,1-2H3,(H,19,20,22). The van der Waals surface area contributed by atoms with Gasteiger partial charge in [-0.1, -0.05) is 18.2 Å². The van der Waals surface area contributed by atoms with Crippen LogP contribution in [0.15, 0.2) is 35.8 Å². The molecule has 2 aromatic rings. The maximum absolute atomic E-state index is 12.9. The molecular formula is C18H23N3O3S. The Hall–Kier alpha value is -2.25. The van der Waals surface area contributed by atoms with E-state index in [1.165, 1.54) is 11.3 Å². The highest BCUT2D eigenvalue weighted by atomic mass is 32.1. The van der Waals surface area contributed by atoms with Gasteiger partial charge in [-0.15, -0.1) is 11.3 Å². The second-order valence-corrected chi connectivity index (χ2v) is 6.37. The summed E-state index contributed by atoms with van der Waals surface area (Å²) in [5.74, 6) is -0.405. The van der Waals surface area contributed by atoms with Gasteiger partial charge in [0.2, 0.25) is 5.91 Å². The Morgan fingerprint density at radius 1 is 1.32 bits per heavy atom. The van der Waals surface area contributed by atoms with Gasteiger partial charge < -0.3 is 15.0 Å². The summed E-state index contributed by atoms with van der Waals surface area (Å²) in [5, 5.41) is 5.03. The van der Waals surface area contributed by atoms with Gasteiger partial charge in [-0.25, -0.2) is 4.98 Å². The number of aromatic nitrogens is 1. The van der Waals surface area contributed by atoms with Gasteiger partial charge in [-0.05, 0) is 31.9 Å². The molecule has 0 atom stereocenters. The zero-order chi connectivity index (χ0) is 18.1. The molecule has 134 valence electrons. The molecule has 0 bridgehead atoms. The SMILES string of the molecule is CCOCCCN(CC(=O)Nc1nccs1)C(=O)c1ccccc1C. The van der Waals surface area contributed by atoms with Gasteiger partial charge in [-0.2, -0.15) is 0 Å². The van der Waals surface area contributed by atoms with Crippen LogP contribution in [0, 0.1) is 6.92 Å². The number of carbonyl (C=O) groups excluding carboxylic acids is 2. The van der Waals surface area contributed by atoms with E-state index in [-0.39, 0.29) is 18.4 Å². The number of anilines is 1. The van der Waals surface area contributed by atoms with E-state index in [9.17, 15) is 9.59 Å². The van der Waals surface area contributed by atoms with Crippen molar-refractivity contribution in [2.75, 3.05) is 31.6 Å². The lowest BCUT2D eigenvalue weighted by Gasteiger charge is -2.23. The Bertz CT molecular complexity index is 689. The summed E-state index contributed by atoms with van der Waals surface area (Å²) in [7, 11) is 0. The van der Waals surface area contributed by atoms with E-state index < -0.39 is 0 Å². The van der Waals surface area contributed by atoms with Gasteiger partial charge in [0.15, 0.2) is 5.13 Å². The number of nitrogens with one attached hydrogen (secondary N) is 1. The Morgan fingerprint density at radius 3 is 2.80 bits per heavy atom. The number of thiazole rings is 1. The monoisotopic (exact) mass is 361 g/mol. The zero-order valence-electron chi connectivity index (χ0n) is 14.5. The molecule has 1 N–H and O–H groups in total. The molecule has 0 aliphatic heterocycles. The Morgan fingerprint density at radius 2 is 2.12 bits per heavy atom. The normalized spacial score (nSPS) is 10.5. The fourth-order valence-electron chi connectivity index (χ4n) is 2.35. The molecule has 0 saturated heterocycles. The number of nitrogens with zero attached hydrogens (tertiary/aromatic N) is 2. The molecule has 0 fully saturated rings. The minimum Gasteiger partial charge on any atom is -0.382 e. The van der Waals surface area contributed by atoms with Gasteiger partial charge >= 0.3 is 0 Å². The number of aryl methyl sites for hydroxylation is 1. The number of benzene rings is 1. The minimum absolute atomic E-state index is 0.0150. The third-order valence-electron chi connectivity index (χ3n) is 3.60. The van der Waals surface area contributed by atoms with E-state index in [1.54, 1.807) is 22.5 Å². The molecule has 1 heterocycles. The first-order valence-corrected chi connectivity index (χ1v) is 9.11. The second kappa shape index (κ2) is 9.90. The van der Waals surface area contributed by atoms with Crippen molar-refractivity contribution in [3.8, 4) is 0 Å². The molecule has 0 saturated carbocycles. The van der Waals surface area contributed by atoms with E-state index in [2.05, 4.69) is 10.3 Å². The lowest BCUT2D eigenvalue weighted by Crippen LogP contribution is -2.39. The van der Waals surface area contributed by atoms with Crippen LogP contribution in [0.25, 0.3) is 0 Å². The summed E-state index contributed by atoms with van der Waals surface area (Å²) >= 11 is 1.34. The third-order valence-corrected chi connectivity index (χ3v) is 4.29. The first-order chi connectivity index (χ1) is 12.1. The summed E-state index contributed by atoms with van der Waals surface area (Å²) < 4.78 is 5.34. The van der Waals surface area contributed by atoms with E-state index in [4.69, 9.17) is 4.74 Å². The fraction of sp³-hybridized carbons (Fsp3) is 0.389. The van der Waals surface area contributed by atoms with Crippen molar-refractivity contribution in [2.45, 2.75) is 20.3 Å². The van der Waals surface area contributed by atoms with Crippen molar-refractivity contribution >= 4 is 28.3 Å². The largest absolute Gasteiger partial charge is 0.382 e. The molecule has 1 aromatic heterocycles. The van der Waals surface area contributed by atoms with Crippen LogP contribution >= 0.6 is 11.3 Å².